The van der Waals surface area contributed by atoms with Crippen LogP contribution >= 0.6 is 0 Å². The lowest BCUT2D eigenvalue weighted by molar-refractivity contribution is -0.123. The number of carbonyl (C=O) groups excluding carboxylic acids is 1. The summed E-state index contributed by atoms with van der Waals surface area (Å²) in [7, 11) is 1.60. The summed E-state index contributed by atoms with van der Waals surface area (Å²) < 4.78 is 11.9. The highest BCUT2D eigenvalue weighted by Crippen LogP contribution is 2.05. The van der Waals surface area contributed by atoms with Crippen molar-refractivity contribution in [1.29, 1.82) is 0 Å². The molecule has 1 rings (SSSR count). The minimum absolute atomic E-state index is 0.0655. The van der Waals surface area contributed by atoms with Crippen molar-refractivity contribution in [2.75, 3.05) is 26.9 Å². The molecule has 0 radical (unpaired) electrons. The molecule has 5 nitrogen and oxygen atoms in total. The summed E-state index contributed by atoms with van der Waals surface area (Å²) >= 11 is 0. The predicted molar refractivity (Wildman–Crippen MR) is 64.0 cm³/mol. The Hall–Kier alpha value is -1.20. The number of ether oxygens (including phenoxy) is 2. The topological polar surface area (TPSA) is 53.4 Å². The van der Waals surface area contributed by atoms with Crippen LogP contribution in [0.3, 0.4) is 0 Å². The van der Waals surface area contributed by atoms with Crippen LogP contribution in [0.5, 0.6) is 0 Å². The molecule has 0 saturated heterocycles. The van der Waals surface area contributed by atoms with Crippen molar-refractivity contribution in [1.82, 2.24) is 9.78 Å². The molecule has 0 aliphatic carbocycles. The standard InChI is InChI=1S/C12H20N2O3/c1-4-14-11(7-10(2)13-14)8-12(15)9-17-6-5-16-3/h7H,4-6,8-9H2,1-3H3. The lowest BCUT2D eigenvalue weighted by Crippen LogP contribution is -2.16. The molecule has 1 heterocycles. The van der Waals surface area contributed by atoms with Crippen molar-refractivity contribution >= 4 is 5.78 Å². The van der Waals surface area contributed by atoms with Gasteiger partial charge in [0.15, 0.2) is 5.78 Å². The van der Waals surface area contributed by atoms with Crippen LogP contribution in [0.15, 0.2) is 6.07 Å². The van der Waals surface area contributed by atoms with Gasteiger partial charge in [-0.3, -0.25) is 9.48 Å². The first-order valence-corrected chi connectivity index (χ1v) is 5.79. The maximum Gasteiger partial charge on any atom is 0.164 e. The van der Waals surface area contributed by atoms with Crippen molar-refractivity contribution in [2.45, 2.75) is 26.8 Å². The summed E-state index contributed by atoms with van der Waals surface area (Å²) in [5.41, 5.74) is 1.89. The third kappa shape index (κ3) is 4.66. The monoisotopic (exact) mass is 240 g/mol. The summed E-state index contributed by atoms with van der Waals surface area (Å²) in [6, 6.07) is 1.94. The number of aromatic nitrogens is 2. The van der Waals surface area contributed by atoms with Gasteiger partial charge in [0, 0.05) is 19.3 Å². The summed E-state index contributed by atoms with van der Waals surface area (Å²) in [6.07, 6.45) is 0.377. The minimum Gasteiger partial charge on any atom is -0.382 e. The second-order valence-corrected chi connectivity index (χ2v) is 3.85. The second kappa shape index (κ2) is 7.19. The van der Waals surface area contributed by atoms with Gasteiger partial charge >= 0.3 is 0 Å². The molecule has 0 aliphatic heterocycles. The molecular formula is C12H20N2O3. The van der Waals surface area contributed by atoms with E-state index in [-0.39, 0.29) is 12.4 Å². The van der Waals surface area contributed by atoms with Crippen LogP contribution in [0, 0.1) is 6.92 Å². The zero-order valence-corrected chi connectivity index (χ0v) is 10.7. The van der Waals surface area contributed by atoms with E-state index in [1.54, 1.807) is 7.11 Å². The van der Waals surface area contributed by atoms with Gasteiger partial charge in [-0.25, -0.2) is 0 Å². The van der Waals surface area contributed by atoms with E-state index >= 15 is 0 Å². The summed E-state index contributed by atoms with van der Waals surface area (Å²) in [4.78, 5) is 11.6. The van der Waals surface area contributed by atoms with Gasteiger partial charge in [-0.1, -0.05) is 0 Å². The fourth-order valence-corrected chi connectivity index (χ4v) is 1.60. The van der Waals surface area contributed by atoms with Gasteiger partial charge in [0.2, 0.25) is 0 Å². The van der Waals surface area contributed by atoms with E-state index in [9.17, 15) is 4.79 Å². The maximum atomic E-state index is 11.6. The van der Waals surface area contributed by atoms with E-state index in [1.165, 1.54) is 0 Å². The Kier molecular flexibility index (Phi) is 5.86. The molecule has 17 heavy (non-hydrogen) atoms. The van der Waals surface area contributed by atoms with E-state index in [2.05, 4.69) is 5.10 Å². The van der Waals surface area contributed by atoms with Crippen LogP contribution in [-0.4, -0.2) is 42.5 Å². The van der Waals surface area contributed by atoms with Crippen molar-refractivity contribution in [3.05, 3.63) is 17.5 Å². The van der Waals surface area contributed by atoms with Crippen LogP contribution in [0.2, 0.25) is 0 Å². The number of ketones is 1. The number of hydrogen-bond acceptors (Lipinski definition) is 4. The third-order valence-corrected chi connectivity index (χ3v) is 2.36. The molecule has 96 valence electrons. The number of hydrogen-bond donors (Lipinski definition) is 0. The summed E-state index contributed by atoms with van der Waals surface area (Å²) in [5.74, 6) is 0.0655. The largest absolute Gasteiger partial charge is 0.382 e. The number of aryl methyl sites for hydroxylation is 2. The quantitative estimate of drug-likeness (QED) is 0.636. The van der Waals surface area contributed by atoms with Crippen molar-refractivity contribution in [3.63, 3.8) is 0 Å². The Bertz CT molecular complexity index is 361. The van der Waals surface area contributed by atoms with E-state index in [0.29, 0.717) is 19.6 Å². The number of nitrogens with zero attached hydrogens (tertiary/aromatic N) is 2. The first-order valence-electron chi connectivity index (χ1n) is 5.79. The van der Waals surface area contributed by atoms with E-state index < -0.39 is 0 Å². The Balaban J connectivity index is 2.39. The summed E-state index contributed by atoms with van der Waals surface area (Å²) in [6.45, 7) is 5.82. The van der Waals surface area contributed by atoms with Crippen molar-refractivity contribution in [2.24, 2.45) is 0 Å². The Morgan fingerprint density at radius 2 is 2.24 bits per heavy atom. The van der Waals surface area contributed by atoms with Gasteiger partial charge in [0.1, 0.15) is 6.61 Å². The highest BCUT2D eigenvalue weighted by molar-refractivity contribution is 5.81. The average molecular weight is 240 g/mol. The average Bonchev–Trinajstić information content (AvgIpc) is 2.65. The predicted octanol–water partition coefficient (Wildman–Crippen LogP) is 0.986. The Morgan fingerprint density at radius 3 is 2.88 bits per heavy atom. The van der Waals surface area contributed by atoms with E-state index in [0.717, 1.165) is 17.9 Å². The second-order valence-electron chi connectivity index (χ2n) is 3.85. The lowest BCUT2D eigenvalue weighted by Gasteiger charge is -2.05. The van der Waals surface area contributed by atoms with Crippen LogP contribution in [0.25, 0.3) is 0 Å². The molecule has 0 fully saturated rings. The smallest absolute Gasteiger partial charge is 0.164 e. The molecular weight excluding hydrogens is 220 g/mol. The zero-order chi connectivity index (χ0) is 12.7. The minimum atomic E-state index is 0.0655. The lowest BCUT2D eigenvalue weighted by atomic mass is 10.2. The molecule has 0 N–H and O–H groups in total. The van der Waals surface area contributed by atoms with E-state index in [4.69, 9.17) is 9.47 Å². The van der Waals surface area contributed by atoms with E-state index in [1.807, 2.05) is 24.6 Å². The highest BCUT2D eigenvalue weighted by atomic mass is 16.5. The molecule has 0 aliphatic rings. The van der Waals surface area contributed by atoms with Gasteiger partial charge in [-0.15, -0.1) is 0 Å². The number of carbonyl (C=O) groups is 1. The van der Waals surface area contributed by atoms with Crippen LogP contribution < -0.4 is 0 Å². The number of Topliss-reactive ketones (excluding diaryl/α,β-unsaturated/α-hetero) is 1. The number of methoxy groups -OCH3 is 1. The normalized spacial score (nSPS) is 10.8. The molecule has 1 aromatic heterocycles. The van der Waals surface area contributed by atoms with Gasteiger partial charge in [0.05, 0.1) is 25.3 Å². The first kappa shape index (κ1) is 13.9. The van der Waals surface area contributed by atoms with Gasteiger partial charge in [-0.05, 0) is 19.9 Å². The highest BCUT2D eigenvalue weighted by Gasteiger charge is 2.09. The molecule has 0 aromatic carbocycles. The maximum absolute atomic E-state index is 11.6. The molecule has 0 bridgehead atoms. The van der Waals surface area contributed by atoms with Gasteiger partial charge in [-0.2, -0.15) is 5.10 Å². The molecule has 5 heteroatoms. The van der Waals surface area contributed by atoms with Crippen LogP contribution in [0.1, 0.15) is 18.3 Å². The zero-order valence-electron chi connectivity index (χ0n) is 10.7. The first-order chi connectivity index (χ1) is 8.17. The Labute approximate surface area is 102 Å². The molecule has 0 amide bonds. The fourth-order valence-electron chi connectivity index (χ4n) is 1.60. The van der Waals surface area contributed by atoms with Gasteiger partial charge < -0.3 is 9.47 Å². The Morgan fingerprint density at radius 1 is 1.47 bits per heavy atom. The fraction of sp³-hybridized carbons (Fsp3) is 0.667. The molecule has 0 saturated carbocycles. The molecule has 0 unspecified atom stereocenters. The van der Waals surface area contributed by atoms with Crippen LogP contribution in [0.4, 0.5) is 0 Å². The van der Waals surface area contributed by atoms with Crippen LogP contribution in [-0.2, 0) is 27.2 Å². The molecule has 0 atom stereocenters. The SMILES string of the molecule is CCn1nc(C)cc1CC(=O)COCCOC. The molecule has 1 aromatic rings. The molecule has 0 spiro atoms. The van der Waals surface area contributed by atoms with Crippen molar-refractivity contribution < 1.29 is 14.3 Å². The van der Waals surface area contributed by atoms with Crippen molar-refractivity contribution in [3.8, 4) is 0 Å². The third-order valence-electron chi connectivity index (χ3n) is 2.36. The summed E-state index contributed by atoms with van der Waals surface area (Å²) in [5, 5.41) is 4.30. The number of rotatable bonds is 8. The van der Waals surface area contributed by atoms with Gasteiger partial charge in [0.25, 0.3) is 0 Å².